The fourth-order valence-corrected chi connectivity index (χ4v) is 5.44. The number of rotatable bonds is 2. The molecule has 4 rings (SSSR count). The van der Waals surface area contributed by atoms with Crippen LogP contribution in [-0.4, -0.2) is 6.21 Å². The Morgan fingerprint density at radius 3 is 1.83 bits per heavy atom. The molecule has 0 aliphatic carbocycles. The molecule has 0 radical (unpaired) electrons. The molecule has 0 bridgehead atoms. The van der Waals surface area contributed by atoms with Crippen molar-refractivity contribution in [3.8, 4) is 0 Å². The average molecular weight is 741 g/mol. The molecule has 0 fully saturated rings. The van der Waals surface area contributed by atoms with Crippen molar-refractivity contribution in [1.82, 2.24) is 0 Å². The van der Waals surface area contributed by atoms with E-state index in [0.717, 1.165) is 33.1 Å². The monoisotopic (exact) mass is 740 g/mol. The number of benzene rings is 3. The number of fused-ring (bicyclic) bond motifs is 2. The van der Waals surface area contributed by atoms with Gasteiger partial charge in [-0.3, -0.25) is 4.99 Å². The van der Waals surface area contributed by atoms with Crippen molar-refractivity contribution in [3.63, 3.8) is 0 Å². The van der Waals surface area contributed by atoms with Crippen LogP contribution < -0.4 is 10.6 Å². The molecule has 7 heteroatoms. The molecule has 1 atom stereocenters. The molecule has 35 heavy (non-hydrogen) atoms. The molecular weight excluding hydrogens is 709 g/mol. The van der Waals surface area contributed by atoms with Crippen LogP contribution in [0, 0.1) is 65.9 Å². The summed E-state index contributed by atoms with van der Waals surface area (Å²) in [6, 6.07) is 7.84. The number of aliphatic imine (C=N–C) groups is 1. The minimum absolute atomic E-state index is 0. The van der Waals surface area contributed by atoms with Gasteiger partial charge >= 0.3 is 0 Å². The van der Waals surface area contributed by atoms with E-state index in [-0.39, 0.29) is 25.1 Å². The van der Waals surface area contributed by atoms with E-state index in [9.17, 15) is 13.2 Å². The van der Waals surface area contributed by atoms with Gasteiger partial charge in [-0.05, 0) is 51.1 Å². The molecule has 1 unspecified atom stereocenters. The zero-order valence-electron chi connectivity index (χ0n) is 21.1. The Kier molecular flexibility index (Phi) is 10.2. The molecule has 0 N–H and O–H groups in total. The van der Waals surface area contributed by atoms with Crippen molar-refractivity contribution in [3.05, 3.63) is 94.3 Å². The number of nitrogens with zero attached hydrogens (tertiary/aromatic N) is 2. The zero-order chi connectivity index (χ0) is 25.7. The van der Waals surface area contributed by atoms with E-state index in [2.05, 4.69) is 24.2 Å². The molecule has 1 aliphatic heterocycles. The van der Waals surface area contributed by atoms with Gasteiger partial charge in [-0.1, -0.05) is 49.5 Å². The summed E-state index contributed by atoms with van der Waals surface area (Å²) in [4.78, 5) is 4.44. The summed E-state index contributed by atoms with van der Waals surface area (Å²) >= 11 is 0. The second-order valence-electron chi connectivity index (χ2n) is 7.80. The Bertz CT molecular complexity index is 1220. The molecule has 194 valence electrons. The summed E-state index contributed by atoms with van der Waals surface area (Å²) in [7, 11) is -0.148. The molecule has 0 aromatic heterocycles. The summed E-state index contributed by atoms with van der Waals surface area (Å²) in [5.74, 6) is -3.92. The second-order valence-corrected chi connectivity index (χ2v) is 9.09. The van der Waals surface area contributed by atoms with E-state index in [0.29, 0.717) is 11.4 Å². The van der Waals surface area contributed by atoms with Crippen LogP contribution in [0.4, 0.5) is 30.2 Å². The van der Waals surface area contributed by atoms with Gasteiger partial charge in [0.2, 0.25) is 0 Å². The zero-order valence-corrected chi connectivity index (χ0v) is 24.5. The van der Waals surface area contributed by atoms with Gasteiger partial charge in [0, 0.05) is 17.1 Å². The summed E-state index contributed by atoms with van der Waals surface area (Å²) in [5.41, 5.74) is 6.26. The summed E-state index contributed by atoms with van der Waals surface area (Å²) in [6.07, 6.45) is 1.27. The number of hydrogen-bond donors (Lipinski definition) is 0. The SMILES string of the molecule is Cc1cc(C)c(N=Cc2c(F)c(F)c(F)c3c2[N-]c2c(C)cc(C)cc2P3)c(C)c1.[CH2-]C.[CH2-]C.[Fm]. The van der Waals surface area contributed by atoms with Gasteiger partial charge in [0.1, 0.15) is 0 Å². The maximum Gasteiger partial charge on any atom is 0.195 e. The van der Waals surface area contributed by atoms with Crippen molar-refractivity contribution < 1.29 is 13.2 Å². The summed E-state index contributed by atoms with van der Waals surface area (Å²) < 4.78 is 43.8. The van der Waals surface area contributed by atoms with E-state index in [1.165, 1.54) is 6.21 Å². The van der Waals surface area contributed by atoms with Crippen molar-refractivity contribution in [2.24, 2.45) is 4.99 Å². The molecule has 3 aromatic rings. The minimum Gasteiger partial charge on any atom is -0.656 e. The Hall–Kier alpha value is -3.65. The van der Waals surface area contributed by atoms with Gasteiger partial charge in [-0.15, -0.1) is 11.4 Å². The van der Waals surface area contributed by atoms with Crippen LogP contribution in [0.3, 0.4) is 0 Å². The number of aryl methyl sites for hydroxylation is 5. The normalized spacial score (nSPS) is 11.9. The largest absolute Gasteiger partial charge is 0.656 e. The van der Waals surface area contributed by atoms with Crippen molar-refractivity contribution in [1.29, 1.82) is 0 Å². The van der Waals surface area contributed by atoms with Crippen LogP contribution in [0.25, 0.3) is 5.32 Å². The van der Waals surface area contributed by atoms with Crippen molar-refractivity contribution >= 4 is 42.5 Å². The predicted octanol–water partition coefficient (Wildman–Crippen LogP) is 8.36. The molecule has 3 aromatic carbocycles. The van der Waals surface area contributed by atoms with Crippen LogP contribution in [-0.2, 0) is 0 Å². The van der Waals surface area contributed by atoms with E-state index in [1.54, 1.807) is 13.8 Å². The second kappa shape index (κ2) is 12.2. The van der Waals surface area contributed by atoms with Crippen LogP contribution in [0.15, 0.2) is 29.3 Å². The minimum atomic E-state index is -1.48. The van der Waals surface area contributed by atoms with Gasteiger partial charge in [0.15, 0.2) is 17.5 Å². The van der Waals surface area contributed by atoms with Gasteiger partial charge in [0.05, 0.1) is 5.69 Å². The van der Waals surface area contributed by atoms with E-state index in [1.807, 2.05) is 58.9 Å². The van der Waals surface area contributed by atoms with E-state index in [4.69, 9.17) is 0 Å². The van der Waals surface area contributed by atoms with Crippen molar-refractivity contribution in [2.75, 3.05) is 0 Å². The Balaban J connectivity index is 0.00000117. The first-order valence-electron chi connectivity index (χ1n) is 11.0. The standard InChI is InChI=1S/C24H21F3N2P.2C2H5.Fm/c1-11-6-13(3)21(14(4)7-11)28-10-16-18(25)19(26)20(27)24-23(16)29-22-15(5)8-12(2)9-17(22)30-24;2*1-2;/h6-10,30H,1-5H3;2*1H2,2H3;/q3*-1;. The fourth-order valence-electron chi connectivity index (χ4n) is 3.97. The van der Waals surface area contributed by atoms with Gasteiger partial charge in [-0.2, -0.15) is 13.8 Å². The third-order valence-corrected chi connectivity index (χ3v) is 6.58. The third-order valence-electron chi connectivity index (χ3n) is 5.22. The van der Waals surface area contributed by atoms with Gasteiger partial charge in [-0.25, -0.2) is 13.2 Å². The van der Waals surface area contributed by atoms with E-state index < -0.39 is 17.5 Å². The molecule has 0 saturated carbocycles. The van der Waals surface area contributed by atoms with Crippen LogP contribution in [0.1, 0.15) is 47.2 Å². The molecule has 1 heterocycles. The maximum atomic E-state index is 14.8. The fraction of sp³-hybridized carbons (Fsp3) is 0.250. The molecule has 0 amide bonds. The number of halogens is 3. The first kappa shape index (κ1) is 29.4. The molecular formula is C28H31F3FmN2P-3. The predicted molar refractivity (Wildman–Crippen MR) is 142 cm³/mol. The van der Waals surface area contributed by atoms with Gasteiger partial charge < -0.3 is 19.2 Å². The molecule has 0 saturated heterocycles. The Morgan fingerprint density at radius 1 is 0.743 bits per heavy atom. The van der Waals surface area contributed by atoms with Crippen molar-refractivity contribution in [2.45, 2.75) is 48.5 Å². The Labute approximate surface area is 203 Å². The van der Waals surface area contributed by atoms with E-state index >= 15 is 0 Å². The smallest absolute Gasteiger partial charge is 0.195 e. The van der Waals surface area contributed by atoms with Gasteiger partial charge in [0.25, 0.3) is 0 Å². The first-order chi connectivity index (χ1) is 16.2. The topological polar surface area (TPSA) is 26.5 Å². The first-order valence-corrected chi connectivity index (χ1v) is 12.0. The Morgan fingerprint density at radius 2 is 1.26 bits per heavy atom. The average Bonchev–Trinajstić information content (AvgIpc) is 2.80. The summed E-state index contributed by atoms with van der Waals surface area (Å²) in [5, 5.41) is 5.47. The summed E-state index contributed by atoms with van der Waals surface area (Å²) in [6.45, 7) is 19.7. The third kappa shape index (κ3) is 5.71. The molecule has 2 nitrogen and oxygen atoms in total. The van der Waals surface area contributed by atoms with Crippen LogP contribution in [0.5, 0.6) is 0 Å². The quantitative estimate of drug-likeness (QED) is 0.0856. The number of hydrogen-bond acceptors (Lipinski definition) is 1. The maximum absolute atomic E-state index is 14.8. The molecule has 1 aliphatic rings. The van der Waals surface area contributed by atoms with Crippen LogP contribution in [0.2, 0.25) is 0 Å². The van der Waals surface area contributed by atoms with Crippen LogP contribution >= 0.6 is 8.58 Å². The molecule has 0 spiro atoms.